The van der Waals surface area contributed by atoms with Crippen LogP contribution in [0.15, 0.2) is 46.8 Å². The van der Waals surface area contributed by atoms with E-state index in [1.807, 2.05) is 14.1 Å². The number of aliphatic imine (C=N–C) groups is 1. The largest absolute Gasteiger partial charge is 0.378 e. The molecule has 23 heavy (non-hydrogen) atoms. The quantitative estimate of drug-likeness (QED) is 0.406. The second-order valence-electron chi connectivity index (χ2n) is 5.19. The van der Waals surface area contributed by atoms with Crippen molar-refractivity contribution in [3.8, 4) is 0 Å². The van der Waals surface area contributed by atoms with E-state index in [0.29, 0.717) is 6.54 Å². The molecule has 0 radical (unpaired) electrons. The molecule has 0 unspecified atom stereocenters. The Labute approximate surface area is 160 Å². The van der Waals surface area contributed by atoms with Crippen molar-refractivity contribution in [3.63, 3.8) is 0 Å². The van der Waals surface area contributed by atoms with Gasteiger partial charge in [-0.25, -0.2) is 4.99 Å². The van der Waals surface area contributed by atoms with Crippen LogP contribution in [-0.2, 0) is 13.1 Å². The number of anilines is 1. The minimum absolute atomic E-state index is 0. The Hall–Kier alpha value is -1.28. The molecule has 0 spiro atoms. The zero-order chi connectivity index (χ0) is 15.8. The average Bonchev–Trinajstić information content (AvgIpc) is 3.04. The normalized spacial score (nSPS) is 10.8. The third kappa shape index (κ3) is 6.78. The average molecular weight is 444 g/mol. The first kappa shape index (κ1) is 19.8. The summed E-state index contributed by atoms with van der Waals surface area (Å²) in [5.74, 6) is 0.854. The van der Waals surface area contributed by atoms with E-state index in [2.05, 4.69) is 69.2 Å². The molecule has 0 aliphatic carbocycles. The minimum atomic E-state index is 0. The summed E-state index contributed by atoms with van der Waals surface area (Å²) in [5, 5.41) is 8.73. The van der Waals surface area contributed by atoms with Crippen LogP contribution in [0, 0.1) is 0 Å². The summed E-state index contributed by atoms with van der Waals surface area (Å²) < 4.78 is 0. The van der Waals surface area contributed by atoms with Crippen LogP contribution < -0.4 is 15.5 Å². The van der Waals surface area contributed by atoms with Crippen LogP contribution in [0.5, 0.6) is 0 Å². The van der Waals surface area contributed by atoms with E-state index < -0.39 is 0 Å². The highest BCUT2D eigenvalue weighted by atomic mass is 127. The maximum absolute atomic E-state index is 4.64. The van der Waals surface area contributed by atoms with E-state index >= 15 is 0 Å². The summed E-state index contributed by atoms with van der Waals surface area (Å²) in [5.41, 5.74) is 2.41. The molecule has 0 amide bonds. The van der Waals surface area contributed by atoms with Gasteiger partial charge in [-0.1, -0.05) is 18.2 Å². The van der Waals surface area contributed by atoms with Crippen LogP contribution in [0.4, 0.5) is 5.69 Å². The van der Waals surface area contributed by atoms with Gasteiger partial charge in [0.25, 0.3) is 0 Å². The van der Waals surface area contributed by atoms with Gasteiger partial charge in [-0.15, -0.1) is 35.3 Å². The SMILES string of the molecule is CCNC(=NCc1ccc(N(C)C)cc1)NCc1cccs1.I. The maximum atomic E-state index is 4.64. The standard InChI is InChI=1S/C17H24N4S.HI/c1-4-18-17(20-13-16-6-5-11-22-16)19-12-14-7-9-15(10-8-14)21(2)3;/h5-11H,4,12-13H2,1-3H3,(H2,18,19,20);1H. The van der Waals surface area contributed by atoms with E-state index in [1.165, 1.54) is 16.1 Å². The fraction of sp³-hybridized carbons (Fsp3) is 0.353. The number of nitrogens with zero attached hydrogens (tertiary/aromatic N) is 2. The lowest BCUT2D eigenvalue weighted by atomic mass is 10.2. The molecule has 0 fully saturated rings. The van der Waals surface area contributed by atoms with Crippen molar-refractivity contribution >= 4 is 47.0 Å². The number of hydrogen-bond acceptors (Lipinski definition) is 3. The predicted molar refractivity (Wildman–Crippen MR) is 112 cm³/mol. The second kappa shape index (κ2) is 10.5. The van der Waals surface area contributed by atoms with Gasteiger partial charge in [0.05, 0.1) is 13.1 Å². The van der Waals surface area contributed by atoms with E-state index in [1.54, 1.807) is 11.3 Å². The van der Waals surface area contributed by atoms with E-state index in [4.69, 9.17) is 0 Å². The van der Waals surface area contributed by atoms with Crippen molar-refractivity contribution in [1.29, 1.82) is 0 Å². The number of hydrogen-bond donors (Lipinski definition) is 2. The summed E-state index contributed by atoms with van der Waals surface area (Å²) in [6.07, 6.45) is 0. The maximum Gasteiger partial charge on any atom is 0.191 e. The Morgan fingerprint density at radius 3 is 2.43 bits per heavy atom. The van der Waals surface area contributed by atoms with Crippen molar-refractivity contribution in [2.75, 3.05) is 25.5 Å². The van der Waals surface area contributed by atoms with Crippen LogP contribution in [0.2, 0.25) is 0 Å². The van der Waals surface area contributed by atoms with Crippen molar-refractivity contribution in [3.05, 3.63) is 52.2 Å². The van der Waals surface area contributed by atoms with E-state index in [9.17, 15) is 0 Å². The summed E-state index contributed by atoms with van der Waals surface area (Å²) in [6.45, 7) is 4.42. The van der Waals surface area contributed by atoms with E-state index in [-0.39, 0.29) is 24.0 Å². The molecule has 2 aromatic rings. The van der Waals surface area contributed by atoms with Gasteiger partial charge in [0, 0.05) is 31.2 Å². The smallest absolute Gasteiger partial charge is 0.191 e. The molecule has 1 aromatic heterocycles. The Morgan fingerprint density at radius 2 is 1.87 bits per heavy atom. The van der Waals surface area contributed by atoms with Crippen LogP contribution in [0.25, 0.3) is 0 Å². The van der Waals surface area contributed by atoms with Crippen LogP contribution in [0.1, 0.15) is 17.4 Å². The zero-order valence-electron chi connectivity index (χ0n) is 13.9. The number of guanidine groups is 1. The molecule has 0 aliphatic rings. The molecule has 0 bridgehead atoms. The van der Waals surface area contributed by atoms with Crippen molar-refractivity contribution in [2.24, 2.45) is 4.99 Å². The summed E-state index contributed by atoms with van der Waals surface area (Å²) >= 11 is 1.75. The molecule has 126 valence electrons. The van der Waals surface area contributed by atoms with Gasteiger partial charge in [-0.05, 0) is 36.1 Å². The molecular weight excluding hydrogens is 419 g/mol. The highest BCUT2D eigenvalue weighted by molar-refractivity contribution is 14.0. The first-order valence-corrected chi connectivity index (χ1v) is 8.38. The molecular formula is C17H25IN4S. The van der Waals surface area contributed by atoms with Gasteiger partial charge in [0.1, 0.15) is 0 Å². The highest BCUT2D eigenvalue weighted by Crippen LogP contribution is 2.12. The van der Waals surface area contributed by atoms with Crippen LogP contribution in [0.3, 0.4) is 0 Å². The van der Waals surface area contributed by atoms with Crippen LogP contribution in [-0.4, -0.2) is 26.6 Å². The molecule has 0 saturated heterocycles. The molecule has 0 saturated carbocycles. The molecule has 1 aromatic carbocycles. The van der Waals surface area contributed by atoms with Crippen LogP contribution >= 0.6 is 35.3 Å². The lowest BCUT2D eigenvalue weighted by Gasteiger charge is -2.13. The lowest BCUT2D eigenvalue weighted by molar-refractivity contribution is 0.823. The van der Waals surface area contributed by atoms with Gasteiger partial charge < -0.3 is 15.5 Å². The van der Waals surface area contributed by atoms with Crippen molar-refractivity contribution < 1.29 is 0 Å². The molecule has 0 aliphatic heterocycles. The third-order valence-electron chi connectivity index (χ3n) is 3.23. The molecule has 2 N–H and O–H groups in total. The number of benzene rings is 1. The van der Waals surface area contributed by atoms with Gasteiger partial charge in [-0.2, -0.15) is 0 Å². The van der Waals surface area contributed by atoms with Gasteiger partial charge in [0.15, 0.2) is 5.96 Å². The molecule has 4 nitrogen and oxygen atoms in total. The molecule has 2 rings (SSSR count). The van der Waals surface area contributed by atoms with Gasteiger partial charge >= 0.3 is 0 Å². The monoisotopic (exact) mass is 444 g/mol. The number of rotatable bonds is 6. The number of halogens is 1. The predicted octanol–water partition coefficient (Wildman–Crippen LogP) is 3.69. The third-order valence-corrected chi connectivity index (χ3v) is 4.10. The zero-order valence-corrected chi connectivity index (χ0v) is 17.0. The van der Waals surface area contributed by atoms with E-state index in [0.717, 1.165) is 19.0 Å². The number of nitrogens with one attached hydrogen (secondary N) is 2. The Kier molecular flexibility index (Phi) is 9.01. The van der Waals surface area contributed by atoms with Crippen molar-refractivity contribution in [2.45, 2.75) is 20.0 Å². The first-order chi connectivity index (χ1) is 10.7. The summed E-state index contributed by atoms with van der Waals surface area (Å²) in [7, 11) is 4.09. The fourth-order valence-corrected chi connectivity index (χ4v) is 2.64. The first-order valence-electron chi connectivity index (χ1n) is 7.50. The van der Waals surface area contributed by atoms with Crippen molar-refractivity contribution in [1.82, 2.24) is 10.6 Å². The van der Waals surface area contributed by atoms with Gasteiger partial charge in [0.2, 0.25) is 0 Å². The molecule has 0 atom stereocenters. The summed E-state index contributed by atoms with van der Waals surface area (Å²) in [4.78, 5) is 8.05. The fourth-order valence-electron chi connectivity index (χ4n) is 2.00. The Bertz CT molecular complexity index is 579. The Balaban J connectivity index is 0.00000264. The topological polar surface area (TPSA) is 39.7 Å². The number of thiophene rings is 1. The highest BCUT2D eigenvalue weighted by Gasteiger charge is 2.00. The van der Waals surface area contributed by atoms with Gasteiger partial charge in [-0.3, -0.25) is 0 Å². The molecule has 1 heterocycles. The Morgan fingerprint density at radius 1 is 1.13 bits per heavy atom. The molecule has 6 heteroatoms. The lowest BCUT2D eigenvalue weighted by Crippen LogP contribution is -2.36. The minimum Gasteiger partial charge on any atom is -0.378 e. The second-order valence-corrected chi connectivity index (χ2v) is 6.22. The summed E-state index contributed by atoms with van der Waals surface area (Å²) in [6, 6.07) is 12.7.